The SMILES string of the molecule is CC(=O)c1ccc(-c2[nH]c3ccc(Cl)cc3c2-c2ccc([N+](=O)[O-])cc2)cc1. The van der Waals surface area contributed by atoms with Crippen molar-refractivity contribution in [2.45, 2.75) is 6.92 Å². The van der Waals surface area contributed by atoms with E-state index in [2.05, 4.69) is 4.98 Å². The smallest absolute Gasteiger partial charge is 0.269 e. The van der Waals surface area contributed by atoms with Gasteiger partial charge in [0, 0.05) is 39.2 Å². The average molecular weight is 391 g/mol. The van der Waals surface area contributed by atoms with Gasteiger partial charge in [-0.2, -0.15) is 0 Å². The first-order valence-corrected chi connectivity index (χ1v) is 8.99. The Morgan fingerprint density at radius 1 is 0.964 bits per heavy atom. The lowest BCUT2D eigenvalue weighted by Crippen LogP contribution is -1.91. The highest BCUT2D eigenvalue weighted by atomic mass is 35.5. The third kappa shape index (κ3) is 3.17. The maximum atomic E-state index is 11.6. The van der Waals surface area contributed by atoms with Gasteiger partial charge < -0.3 is 4.98 Å². The lowest BCUT2D eigenvalue weighted by Gasteiger charge is -2.07. The van der Waals surface area contributed by atoms with Crippen molar-refractivity contribution in [3.05, 3.63) is 87.4 Å². The fraction of sp³-hybridized carbons (Fsp3) is 0.0455. The van der Waals surface area contributed by atoms with Gasteiger partial charge in [-0.1, -0.05) is 35.9 Å². The number of rotatable bonds is 4. The number of nitrogens with one attached hydrogen (secondary N) is 1. The Morgan fingerprint density at radius 3 is 2.21 bits per heavy atom. The number of carbonyl (C=O) groups is 1. The molecule has 6 heteroatoms. The van der Waals surface area contributed by atoms with E-state index in [1.807, 2.05) is 30.3 Å². The van der Waals surface area contributed by atoms with Crippen LogP contribution in [0.5, 0.6) is 0 Å². The Hall–Kier alpha value is -3.44. The van der Waals surface area contributed by atoms with Crippen LogP contribution in [-0.4, -0.2) is 15.7 Å². The molecule has 0 fully saturated rings. The van der Waals surface area contributed by atoms with Gasteiger partial charge in [0.2, 0.25) is 0 Å². The molecule has 1 heterocycles. The van der Waals surface area contributed by atoms with Crippen molar-refractivity contribution >= 4 is 34.0 Å². The number of nitro benzene ring substituents is 1. The number of hydrogen-bond donors (Lipinski definition) is 1. The van der Waals surface area contributed by atoms with Gasteiger partial charge in [-0.15, -0.1) is 0 Å². The minimum Gasteiger partial charge on any atom is -0.354 e. The first-order valence-electron chi connectivity index (χ1n) is 8.61. The number of halogens is 1. The molecular formula is C22H15ClN2O3. The minimum absolute atomic E-state index is 0.00516. The number of aromatic nitrogens is 1. The normalized spacial score (nSPS) is 10.9. The zero-order valence-electron chi connectivity index (χ0n) is 14.9. The molecule has 0 radical (unpaired) electrons. The third-order valence-corrected chi connectivity index (χ3v) is 4.94. The first kappa shape index (κ1) is 17.9. The molecule has 0 saturated heterocycles. The first-order chi connectivity index (χ1) is 13.4. The van der Waals surface area contributed by atoms with Crippen molar-refractivity contribution in [2.24, 2.45) is 0 Å². The van der Waals surface area contributed by atoms with Crippen molar-refractivity contribution in [2.75, 3.05) is 0 Å². The number of fused-ring (bicyclic) bond motifs is 1. The molecule has 3 aromatic carbocycles. The van der Waals surface area contributed by atoms with Crippen LogP contribution in [-0.2, 0) is 0 Å². The number of carbonyl (C=O) groups excluding carboxylic acids is 1. The number of ketones is 1. The second kappa shape index (κ2) is 6.94. The number of H-pyrrole nitrogens is 1. The van der Waals surface area contributed by atoms with Crippen molar-refractivity contribution in [1.29, 1.82) is 0 Å². The van der Waals surface area contributed by atoms with Gasteiger partial charge in [-0.25, -0.2) is 0 Å². The number of Topliss-reactive ketones (excluding diaryl/α,β-unsaturated/α-hetero) is 1. The number of nitro groups is 1. The molecule has 1 N–H and O–H groups in total. The largest absolute Gasteiger partial charge is 0.354 e. The number of non-ortho nitro benzene ring substituents is 1. The van der Waals surface area contributed by atoms with Gasteiger partial charge in [0.15, 0.2) is 5.78 Å². The molecule has 4 rings (SSSR count). The predicted octanol–water partition coefficient (Wildman–Crippen LogP) is 6.27. The second-order valence-electron chi connectivity index (χ2n) is 6.50. The zero-order valence-corrected chi connectivity index (χ0v) is 15.7. The fourth-order valence-electron chi connectivity index (χ4n) is 3.30. The van der Waals surface area contributed by atoms with Gasteiger partial charge in [-0.05, 0) is 48.4 Å². The van der Waals surface area contributed by atoms with Crippen LogP contribution in [0.1, 0.15) is 17.3 Å². The summed E-state index contributed by atoms with van der Waals surface area (Å²) in [6.07, 6.45) is 0. The Kier molecular flexibility index (Phi) is 4.45. The molecule has 28 heavy (non-hydrogen) atoms. The summed E-state index contributed by atoms with van der Waals surface area (Å²) in [6, 6.07) is 19.4. The molecule has 0 unspecified atom stereocenters. The van der Waals surface area contributed by atoms with E-state index in [0.717, 1.165) is 33.3 Å². The molecule has 0 amide bonds. The van der Waals surface area contributed by atoms with E-state index in [-0.39, 0.29) is 11.5 Å². The number of aromatic amines is 1. The summed E-state index contributed by atoms with van der Waals surface area (Å²) in [7, 11) is 0. The van der Waals surface area contributed by atoms with Gasteiger partial charge in [0.25, 0.3) is 5.69 Å². The van der Waals surface area contributed by atoms with Crippen molar-refractivity contribution < 1.29 is 9.72 Å². The molecule has 5 nitrogen and oxygen atoms in total. The summed E-state index contributed by atoms with van der Waals surface area (Å²) in [4.78, 5) is 25.6. The van der Waals surface area contributed by atoms with Crippen molar-refractivity contribution in [1.82, 2.24) is 4.98 Å². The Labute approximate surface area is 165 Å². The second-order valence-corrected chi connectivity index (χ2v) is 6.94. The molecule has 0 aliphatic rings. The Balaban J connectivity index is 1.94. The molecule has 0 atom stereocenters. The fourth-order valence-corrected chi connectivity index (χ4v) is 3.47. The van der Waals surface area contributed by atoms with Crippen molar-refractivity contribution in [3.8, 4) is 22.4 Å². The molecule has 0 aliphatic carbocycles. The predicted molar refractivity (Wildman–Crippen MR) is 111 cm³/mol. The minimum atomic E-state index is -0.419. The topological polar surface area (TPSA) is 76.0 Å². The number of nitrogens with zero attached hydrogens (tertiary/aromatic N) is 1. The highest BCUT2D eigenvalue weighted by molar-refractivity contribution is 6.31. The average Bonchev–Trinajstić information content (AvgIpc) is 3.06. The lowest BCUT2D eigenvalue weighted by atomic mass is 9.97. The summed E-state index contributed by atoms with van der Waals surface area (Å²) in [5.41, 5.74) is 5.09. The lowest BCUT2D eigenvalue weighted by molar-refractivity contribution is -0.384. The highest BCUT2D eigenvalue weighted by Crippen LogP contribution is 2.39. The van der Waals surface area contributed by atoms with Crippen LogP contribution in [0.25, 0.3) is 33.3 Å². The molecule has 4 aromatic rings. The molecule has 138 valence electrons. The van der Waals surface area contributed by atoms with Crippen LogP contribution in [0.15, 0.2) is 66.7 Å². The molecule has 0 saturated carbocycles. The van der Waals surface area contributed by atoms with E-state index in [4.69, 9.17) is 11.6 Å². The summed E-state index contributed by atoms with van der Waals surface area (Å²) in [5.74, 6) is 0.00516. The van der Waals surface area contributed by atoms with Crippen LogP contribution in [0.2, 0.25) is 5.02 Å². The maximum Gasteiger partial charge on any atom is 0.269 e. The van der Waals surface area contributed by atoms with Crippen LogP contribution in [0.3, 0.4) is 0 Å². The van der Waals surface area contributed by atoms with Crippen LogP contribution < -0.4 is 0 Å². The van der Waals surface area contributed by atoms with Gasteiger partial charge in [0.1, 0.15) is 0 Å². The van der Waals surface area contributed by atoms with Crippen LogP contribution in [0.4, 0.5) is 5.69 Å². The molecule has 1 aromatic heterocycles. The molecular weight excluding hydrogens is 376 g/mol. The number of hydrogen-bond acceptors (Lipinski definition) is 3. The third-order valence-electron chi connectivity index (χ3n) is 4.71. The molecule has 0 aliphatic heterocycles. The molecule has 0 spiro atoms. The summed E-state index contributed by atoms with van der Waals surface area (Å²) >= 11 is 6.22. The monoisotopic (exact) mass is 390 g/mol. The van der Waals surface area contributed by atoms with Crippen LogP contribution >= 0.6 is 11.6 Å². The van der Waals surface area contributed by atoms with Crippen LogP contribution in [0, 0.1) is 10.1 Å². The highest BCUT2D eigenvalue weighted by Gasteiger charge is 2.17. The summed E-state index contributed by atoms with van der Waals surface area (Å²) in [5, 5.41) is 12.5. The summed E-state index contributed by atoms with van der Waals surface area (Å²) < 4.78 is 0. The quantitative estimate of drug-likeness (QED) is 0.253. The zero-order chi connectivity index (χ0) is 19.8. The van der Waals surface area contributed by atoms with E-state index >= 15 is 0 Å². The number of benzene rings is 3. The van der Waals surface area contributed by atoms with E-state index in [1.165, 1.54) is 19.1 Å². The standard InChI is InChI=1S/C22H15ClN2O3/c1-13(26)14-2-4-16(5-3-14)22-21(15-6-9-18(10-7-15)25(27)28)19-12-17(23)8-11-20(19)24-22/h2-12,24H,1H3. The van der Waals surface area contributed by atoms with Gasteiger partial charge in [0.05, 0.1) is 10.6 Å². The maximum absolute atomic E-state index is 11.6. The van der Waals surface area contributed by atoms with E-state index in [1.54, 1.807) is 24.3 Å². The Morgan fingerprint density at radius 2 is 1.61 bits per heavy atom. The van der Waals surface area contributed by atoms with E-state index < -0.39 is 4.92 Å². The van der Waals surface area contributed by atoms with Crippen molar-refractivity contribution in [3.63, 3.8) is 0 Å². The van der Waals surface area contributed by atoms with Gasteiger partial charge in [-0.3, -0.25) is 14.9 Å². The Bertz CT molecular complexity index is 1210. The molecule has 0 bridgehead atoms. The van der Waals surface area contributed by atoms with Gasteiger partial charge >= 0.3 is 0 Å². The van der Waals surface area contributed by atoms with E-state index in [0.29, 0.717) is 10.6 Å². The summed E-state index contributed by atoms with van der Waals surface area (Å²) in [6.45, 7) is 1.53. The van der Waals surface area contributed by atoms with E-state index in [9.17, 15) is 14.9 Å².